The summed E-state index contributed by atoms with van der Waals surface area (Å²) in [7, 11) is 0. The second kappa shape index (κ2) is 5.90. The predicted molar refractivity (Wildman–Crippen MR) is 91.4 cm³/mol. The topological polar surface area (TPSA) is 84.7 Å². The summed E-state index contributed by atoms with van der Waals surface area (Å²) in [6.45, 7) is 6.85. The van der Waals surface area contributed by atoms with Crippen LogP contribution < -0.4 is 11.1 Å². The molecule has 136 valence electrons. The van der Waals surface area contributed by atoms with Gasteiger partial charge in [-0.25, -0.2) is 4.79 Å². The highest BCUT2D eigenvalue weighted by molar-refractivity contribution is 5.83. The van der Waals surface area contributed by atoms with Gasteiger partial charge in [-0.15, -0.1) is 0 Å². The number of fused-ring (bicyclic) bond motifs is 3. The van der Waals surface area contributed by atoms with Gasteiger partial charge in [0.05, 0.1) is 6.04 Å². The van der Waals surface area contributed by atoms with Gasteiger partial charge in [-0.1, -0.05) is 0 Å². The van der Waals surface area contributed by atoms with Crippen LogP contribution in [0.2, 0.25) is 0 Å². The van der Waals surface area contributed by atoms with Gasteiger partial charge in [0.1, 0.15) is 5.60 Å². The Kier molecular flexibility index (Phi) is 4.31. The lowest BCUT2D eigenvalue weighted by atomic mass is 9.57. The molecule has 1 atom stereocenters. The number of likely N-dealkylation sites (tertiary alicyclic amines) is 1. The van der Waals surface area contributed by atoms with Gasteiger partial charge in [-0.2, -0.15) is 0 Å². The minimum Gasteiger partial charge on any atom is -0.444 e. The van der Waals surface area contributed by atoms with Crippen LogP contribution >= 0.6 is 0 Å². The Morgan fingerprint density at radius 1 is 1.12 bits per heavy atom. The van der Waals surface area contributed by atoms with Crippen LogP contribution in [0.1, 0.15) is 65.7 Å². The molecule has 3 N–H and O–H groups in total. The number of carbonyl (C=O) groups is 2. The monoisotopic (exact) mass is 337 g/mol. The minimum atomic E-state index is -0.504. The van der Waals surface area contributed by atoms with Crippen molar-refractivity contribution in [2.45, 2.75) is 82.9 Å². The first kappa shape index (κ1) is 17.5. The molecular weight excluding hydrogens is 306 g/mol. The number of hydrogen-bond donors (Lipinski definition) is 2. The second-order valence-corrected chi connectivity index (χ2v) is 9.03. The van der Waals surface area contributed by atoms with E-state index in [0.29, 0.717) is 6.54 Å². The minimum absolute atomic E-state index is 0.0130. The number of nitrogens with one attached hydrogen (secondary N) is 1. The van der Waals surface area contributed by atoms with Crippen molar-refractivity contribution in [3.63, 3.8) is 0 Å². The van der Waals surface area contributed by atoms with Crippen LogP contribution in [0.4, 0.5) is 4.79 Å². The highest BCUT2D eigenvalue weighted by Gasteiger charge is 2.52. The normalized spacial score (nSPS) is 35.8. The lowest BCUT2D eigenvalue weighted by Gasteiger charge is -2.51. The van der Waals surface area contributed by atoms with Crippen LogP contribution in [0.5, 0.6) is 0 Å². The summed E-state index contributed by atoms with van der Waals surface area (Å²) in [5, 5.41) is 2.89. The molecule has 0 radical (unpaired) electrons. The maximum atomic E-state index is 13.1. The number of rotatable bonds is 2. The molecule has 0 aromatic rings. The Morgan fingerprint density at radius 3 is 2.25 bits per heavy atom. The summed E-state index contributed by atoms with van der Waals surface area (Å²) in [6, 6.07) is -0.0130. The van der Waals surface area contributed by atoms with Gasteiger partial charge < -0.3 is 20.7 Å². The Hall–Kier alpha value is -1.30. The molecule has 1 saturated heterocycles. The van der Waals surface area contributed by atoms with Crippen LogP contribution in [-0.2, 0) is 9.53 Å². The first-order chi connectivity index (χ1) is 11.1. The zero-order valence-corrected chi connectivity index (χ0v) is 15.2. The molecule has 2 amide bonds. The van der Waals surface area contributed by atoms with E-state index in [0.717, 1.165) is 51.5 Å². The van der Waals surface area contributed by atoms with E-state index in [-0.39, 0.29) is 22.9 Å². The molecule has 6 heteroatoms. The largest absolute Gasteiger partial charge is 0.444 e. The van der Waals surface area contributed by atoms with Gasteiger partial charge in [0.25, 0.3) is 0 Å². The number of amides is 2. The maximum absolute atomic E-state index is 13.1. The number of nitrogens with two attached hydrogens (primary N) is 1. The second-order valence-electron chi connectivity index (χ2n) is 9.03. The van der Waals surface area contributed by atoms with Crippen molar-refractivity contribution in [1.82, 2.24) is 10.2 Å². The molecule has 4 fully saturated rings. The third kappa shape index (κ3) is 3.53. The average Bonchev–Trinajstić information content (AvgIpc) is 2.94. The zero-order valence-electron chi connectivity index (χ0n) is 15.2. The van der Waals surface area contributed by atoms with Gasteiger partial charge in [-0.05, 0) is 65.7 Å². The number of nitrogens with zero attached hydrogens (tertiary/aromatic N) is 1. The number of alkyl carbamates (subject to hydrolysis) is 1. The quantitative estimate of drug-likeness (QED) is 0.809. The van der Waals surface area contributed by atoms with Crippen molar-refractivity contribution in [2.75, 3.05) is 13.1 Å². The molecule has 0 unspecified atom stereocenters. The average molecular weight is 337 g/mol. The molecule has 1 heterocycles. The molecular formula is C18H31N3O3. The number of carbonyl (C=O) groups excluding carboxylic acids is 2. The molecule has 3 aliphatic carbocycles. The summed E-state index contributed by atoms with van der Waals surface area (Å²) in [6.07, 6.45) is 6.05. The summed E-state index contributed by atoms with van der Waals surface area (Å²) < 4.78 is 5.30. The van der Waals surface area contributed by atoms with E-state index in [1.807, 2.05) is 25.7 Å². The molecule has 6 nitrogen and oxygen atoms in total. The third-order valence-corrected chi connectivity index (χ3v) is 5.95. The summed E-state index contributed by atoms with van der Waals surface area (Å²) >= 11 is 0. The molecule has 4 aliphatic rings. The van der Waals surface area contributed by atoms with Crippen LogP contribution in [0.25, 0.3) is 0 Å². The lowest BCUT2D eigenvalue weighted by molar-refractivity contribution is -0.148. The fourth-order valence-electron chi connectivity index (χ4n) is 4.41. The van der Waals surface area contributed by atoms with Crippen LogP contribution in [0.3, 0.4) is 0 Å². The molecule has 24 heavy (non-hydrogen) atoms. The first-order valence-electron chi connectivity index (χ1n) is 9.19. The van der Waals surface area contributed by atoms with Crippen molar-refractivity contribution in [3.8, 4) is 0 Å². The highest BCUT2D eigenvalue weighted by Crippen LogP contribution is 2.52. The molecule has 2 bridgehead atoms. The van der Waals surface area contributed by atoms with Gasteiger partial charge >= 0.3 is 6.09 Å². The summed E-state index contributed by atoms with van der Waals surface area (Å²) in [5.41, 5.74) is 5.63. The smallest absolute Gasteiger partial charge is 0.407 e. The van der Waals surface area contributed by atoms with Crippen LogP contribution in [0.15, 0.2) is 0 Å². The van der Waals surface area contributed by atoms with E-state index in [4.69, 9.17) is 10.5 Å². The van der Waals surface area contributed by atoms with Crippen molar-refractivity contribution in [2.24, 2.45) is 11.1 Å². The van der Waals surface area contributed by atoms with Crippen LogP contribution in [-0.4, -0.2) is 47.2 Å². The maximum Gasteiger partial charge on any atom is 0.407 e. The van der Waals surface area contributed by atoms with Gasteiger partial charge in [-0.3, -0.25) is 4.79 Å². The fraction of sp³-hybridized carbons (Fsp3) is 0.889. The predicted octanol–water partition coefficient (Wildman–Crippen LogP) is 2.16. The van der Waals surface area contributed by atoms with E-state index < -0.39 is 11.7 Å². The summed E-state index contributed by atoms with van der Waals surface area (Å²) in [4.78, 5) is 26.9. The Labute approximate surface area is 144 Å². The molecule has 1 aliphatic heterocycles. The Balaban J connectivity index is 1.54. The van der Waals surface area contributed by atoms with Crippen molar-refractivity contribution >= 4 is 12.0 Å². The van der Waals surface area contributed by atoms with Crippen molar-refractivity contribution in [3.05, 3.63) is 0 Å². The van der Waals surface area contributed by atoms with Gasteiger partial charge in [0.15, 0.2) is 0 Å². The van der Waals surface area contributed by atoms with E-state index >= 15 is 0 Å². The first-order valence-corrected chi connectivity index (χ1v) is 9.19. The van der Waals surface area contributed by atoms with E-state index in [9.17, 15) is 9.59 Å². The highest BCUT2D eigenvalue weighted by atomic mass is 16.6. The van der Waals surface area contributed by atoms with Gasteiger partial charge in [0.2, 0.25) is 5.91 Å². The summed E-state index contributed by atoms with van der Waals surface area (Å²) in [5.74, 6) is 0.276. The Morgan fingerprint density at radius 2 is 1.71 bits per heavy atom. The van der Waals surface area contributed by atoms with E-state index in [1.165, 1.54) is 0 Å². The zero-order chi connectivity index (χ0) is 17.6. The molecule has 0 spiro atoms. The standard InChI is InChI=1S/C18H31N3O3/c1-16(2,3)24-15(23)20-13-4-11-21(12-13)14(22)17-5-8-18(19,9-6-17)10-7-17/h13H,4-12,19H2,1-3H3,(H,20,23)/t13-,17?,18?/m0/s1. The molecule has 0 aromatic heterocycles. The SMILES string of the molecule is CC(C)(C)OC(=O)N[C@H]1CCN(C(=O)C23CCC(N)(CC2)CC3)C1. The molecule has 4 rings (SSSR count). The van der Waals surface area contributed by atoms with Crippen molar-refractivity contribution < 1.29 is 14.3 Å². The van der Waals surface area contributed by atoms with E-state index in [1.54, 1.807) is 0 Å². The third-order valence-electron chi connectivity index (χ3n) is 5.95. The van der Waals surface area contributed by atoms with Crippen molar-refractivity contribution in [1.29, 1.82) is 0 Å². The molecule has 3 saturated carbocycles. The number of ether oxygens (including phenoxy) is 1. The lowest BCUT2D eigenvalue weighted by Crippen LogP contribution is -2.57. The Bertz CT molecular complexity index is 502. The van der Waals surface area contributed by atoms with Crippen LogP contribution in [0, 0.1) is 5.41 Å². The number of hydrogen-bond acceptors (Lipinski definition) is 4. The fourth-order valence-corrected chi connectivity index (χ4v) is 4.41. The van der Waals surface area contributed by atoms with E-state index in [2.05, 4.69) is 5.32 Å². The van der Waals surface area contributed by atoms with Gasteiger partial charge in [0, 0.05) is 24.0 Å². The molecule has 0 aromatic carbocycles.